The van der Waals surface area contributed by atoms with Gasteiger partial charge in [-0.1, -0.05) is 25.0 Å². The molecule has 0 radical (unpaired) electrons. The Morgan fingerprint density at radius 2 is 2.00 bits per heavy atom. The van der Waals surface area contributed by atoms with E-state index in [-0.39, 0.29) is 11.3 Å². The topological polar surface area (TPSA) is 49.3 Å². The van der Waals surface area contributed by atoms with E-state index in [0.717, 1.165) is 22.2 Å². The Hall–Kier alpha value is -1.17. The molecule has 1 aliphatic rings. The van der Waals surface area contributed by atoms with Crippen molar-refractivity contribution in [3.8, 4) is 0 Å². The van der Waals surface area contributed by atoms with Crippen LogP contribution < -0.4 is 5.32 Å². The maximum absolute atomic E-state index is 12.5. The minimum absolute atomic E-state index is 0.00865. The summed E-state index contributed by atoms with van der Waals surface area (Å²) in [6.07, 6.45) is 4.11. The Labute approximate surface area is 155 Å². The Balaban J connectivity index is 1.77. The summed E-state index contributed by atoms with van der Waals surface area (Å²) in [6, 6.07) is 11.6. The summed E-state index contributed by atoms with van der Waals surface area (Å²) in [5.41, 5.74) is 0.677. The summed E-state index contributed by atoms with van der Waals surface area (Å²) in [6.45, 7) is 2.44. The van der Waals surface area contributed by atoms with Crippen molar-refractivity contribution in [2.75, 3.05) is 6.54 Å². The lowest BCUT2D eigenvalue weighted by atomic mass is 9.84. The van der Waals surface area contributed by atoms with Crippen molar-refractivity contribution in [3.05, 3.63) is 56.2 Å². The molecule has 2 aromatic rings. The van der Waals surface area contributed by atoms with Gasteiger partial charge in [-0.05, 0) is 60.0 Å². The SMILES string of the molecule is CC(O)c1ccc(C2(CNC(=O)c3ccccc3Br)CCCC2)s1. The number of amides is 1. The van der Waals surface area contributed by atoms with Crippen LogP contribution in [0.25, 0.3) is 0 Å². The van der Waals surface area contributed by atoms with E-state index in [1.807, 2.05) is 30.3 Å². The number of aliphatic hydroxyl groups is 1. The van der Waals surface area contributed by atoms with Crippen LogP contribution in [-0.2, 0) is 5.41 Å². The second kappa shape index (κ2) is 7.38. The van der Waals surface area contributed by atoms with Crippen molar-refractivity contribution < 1.29 is 9.90 Å². The first-order valence-electron chi connectivity index (χ1n) is 8.33. The Morgan fingerprint density at radius 1 is 1.29 bits per heavy atom. The summed E-state index contributed by atoms with van der Waals surface area (Å²) in [5.74, 6) is -0.0407. The van der Waals surface area contributed by atoms with Gasteiger partial charge in [0.2, 0.25) is 0 Å². The summed E-state index contributed by atoms with van der Waals surface area (Å²) in [7, 11) is 0. The van der Waals surface area contributed by atoms with Crippen molar-refractivity contribution in [1.82, 2.24) is 5.32 Å². The molecule has 0 aliphatic heterocycles. The van der Waals surface area contributed by atoms with E-state index >= 15 is 0 Å². The fourth-order valence-corrected chi connectivity index (χ4v) is 5.07. The van der Waals surface area contributed by atoms with E-state index in [1.165, 1.54) is 17.7 Å². The lowest BCUT2D eigenvalue weighted by Gasteiger charge is -2.28. The molecule has 1 amide bonds. The monoisotopic (exact) mass is 407 g/mol. The number of thiophene rings is 1. The van der Waals surface area contributed by atoms with Crippen LogP contribution in [0, 0.1) is 0 Å². The number of benzene rings is 1. The number of rotatable bonds is 5. The standard InChI is InChI=1S/C19H22BrNO2S/c1-13(22)16-8-9-17(24-16)19(10-4-5-11-19)12-21-18(23)14-6-2-3-7-15(14)20/h2-3,6-9,13,22H,4-5,10-12H2,1H3,(H,21,23). The van der Waals surface area contributed by atoms with E-state index in [0.29, 0.717) is 12.1 Å². The molecule has 3 nitrogen and oxygen atoms in total. The fourth-order valence-electron chi connectivity index (χ4n) is 3.41. The largest absolute Gasteiger partial charge is 0.388 e. The van der Waals surface area contributed by atoms with Gasteiger partial charge in [-0.3, -0.25) is 4.79 Å². The number of hydrogen-bond acceptors (Lipinski definition) is 3. The molecule has 1 unspecified atom stereocenters. The number of nitrogens with one attached hydrogen (secondary N) is 1. The highest BCUT2D eigenvalue weighted by Crippen LogP contribution is 2.44. The average Bonchev–Trinajstić information content (AvgIpc) is 3.23. The van der Waals surface area contributed by atoms with Gasteiger partial charge in [0.15, 0.2) is 0 Å². The molecule has 1 aliphatic carbocycles. The molecule has 1 atom stereocenters. The zero-order valence-corrected chi connectivity index (χ0v) is 16.1. The maximum Gasteiger partial charge on any atom is 0.252 e. The zero-order valence-electron chi connectivity index (χ0n) is 13.7. The molecular weight excluding hydrogens is 386 g/mol. The first-order valence-corrected chi connectivity index (χ1v) is 9.94. The molecule has 2 N–H and O–H groups in total. The van der Waals surface area contributed by atoms with Gasteiger partial charge in [0.05, 0.1) is 11.7 Å². The van der Waals surface area contributed by atoms with Gasteiger partial charge in [0.1, 0.15) is 0 Å². The molecule has 1 heterocycles. The van der Waals surface area contributed by atoms with Gasteiger partial charge in [0, 0.05) is 26.2 Å². The first-order chi connectivity index (χ1) is 11.5. The highest BCUT2D eigenvalue weighted by atomic mass is 79.9. The van der Waals surface area contributed by atoms with Crippen LogP contribution in [-0.4, -0.2) is 17.6 Å². The quantitative estimate of drug-likeness (QED) is 0.746. The molecule has 0 saturated heterocycles. The predicted molar refractivity (Wildman–Crippen MR) is 102 cm³/mol. The van der Waals surface area contributed by atoms with Crippen molar-refractivity contribution in [3.63, 3.8) is 0 Å². The molecule has 1 aromatic heterocycles. The van der Waals surface area contributed by atoms with Crippen LogP contribution in [0.3, 0.4) is 0 Å². The van der Waals surface area contributed by atoms with Crippen molar-refractivity contribution in [2.45, 2.75) is 44.1 Å². The minimum Gasteiger partial charge on any atom is -0.388 e. The van der Waals surface area contributed by atoms with E-state index in [2.05, 4.69) is 27.3 Å². The van der Waals surface area contributed by atoms with Gasteiger partial charge >= 0.3 is 0 Å². The maximum atomic E-state index is 12.5. The molecule has 128 valence electrons. The number of carbonyl (C=O) groups is 1. The van der Waals surface area contributed by atoms with E-state index in [9.17, 15) is 9.90 Å². The Morgan fingerprint density at radius 3 is 2.62 bits per heavy atom. The van der Waals surface area contributed by atoms with E-state index in [1.54, 1.807) is 18.3 Å². The number of halogens is 1. The van der Waals surface area contributed by atoms with Gasteiger partial charge < -0.3 is 10.4 Å². The van der Waals surface area contributed by atoms with Gasteiger partial charge in [-0.25, -0.2) is 0 Å². The molecule has 24 heavy (non-hydrogen) atoms. The minimum atomic E-state index is -0.433. The number of hydrogen-bond donors (Lipinski definition) is 2. The van der Waals surface area contributed by atoms with E-state index < -0.39 is 6.10 Å². The van der Waals surface area contributed by atoms with Gasteiger partial charge in [0.25, 0.3) is 5.91 Å². The molecule has 5 heteroatoms. The number of carbonyl (C=O) groups excluding carboxylic acids is 1. The van der Waals surface area contributed by atoms with Crippen LogP contribution in [0.1, 0.15) is 58.8 Å². The molecule has 1 fully saturated rings. The summed E-state index contributed by atoms with van der Waals surface area (Å²) in [5, 5.41) is 12.9. The first kappa shape index (κ1) is 17.6. The molecule has 1 aromatic carbocycles. The lowest BCUT2D eigenvalue weighted by molar-refractivity contribution is 0.0942. The second-order valence-corrected chi connectivity index (χ2v) is 8.50. The molecule has 0 bridgehead atoms. The Kier molecular flexibility index (Phi) is 5.42. The summed E-state index contributed by atoms with van der Waals surface area (Å²) >= 11 is 5.12. The predicted octanol–water partition coefficient (Wildman–Crippen LogP) is 4.81. The van der Waals surface area contributed by atoms with E-state index in [4.69, 9.17) is 0 Å². The normalized spacial score (nSPS) is 17.6. The smallest absolute Gasteiger partial charge is 0.252 e. The van der Waals surface area contributed by atoms with Crippen LogP contribution in [0.4, 0.5) is 0 Å². The lowest BCUT2D eigenvalue weighted by Crippen LogP contribution is -2.38. The highest BCUT2D eigenvalue weighted by Gasteiger charge is 2.37. The molecular formula is C19H22BrNO2S. The molecule has 3 rings (SSSR count). The molecule has 0 spiro atoms. The van der Waals surface area contributed by atoms with Crippen molar-refractivity contribution >= 4 is 33.2 Å². The number of aliphatic hydroxyl groups excluding tert-OH is 1. The summed E-state index contributed by atoms with van der Waals surface area (Å²) in [4.78, 5) is 14.8. The average molecular weight is 408 g/mol. The van der Waals surface area contributed by atoms with Crippen molar-refractivity contribution in [2.24, 2.45) is 0 Å². The fraction of sp³-hybridized carbons (Fsp3) is 0.421. The van der Waals surface area contributed by atoms with Gasteiger partial charge in [-0.15, -0.1) is 11.3 Å². The second-order valence-electron chi connectivity index (χ2n) is 6.53. The third-order valence-electron chi connectivity index (χ3n) is 4.83. The highest BCUT2D eigenvalue weighted by molar-refractivity contribution is 9.10. The van der Waals surface area contributed by atoms with Gasteiger partial charge in [-0.2, -0.15) is 0 Å². The van der Waals surface area contributed by atoms with Crippen LogP contribution in [0.2, 0.25) is 0 Å². The van der Waals surface area contributed by atoms with Crippen LogP contribution in [0.5, 0.6) is 0 Å². The Bertz CT molecular complexity index is 720. The molecule has 1 saturated carbocycles. The zero-order chi connectivity index (χ0) is 17.2. The van der Waals surface area contributed by atoms with Crippen LogP contribution in [0.15, 0.2) is 40.9 Å². The third-order valence-corrected chi connectivity index (χ3v) is 7.02. The summed E-state index contributed by atoms with van der Waals surface area (Å²) < 4.78 is 0.815. The third kappa shape index (κ3) is 3.58. The van der Waals surface area contributed by atoms with Crippen molar-refractivity contribution in [1.29, 1.82) is 0 Å². The van der Waals surface area contributed by atoms with Crippen LogP contribution >= 0.6 is 27.3 Å².